The van der Waals surface area contributed by atoms with Crippen LogP contribution in [0.25, 0.3) is 57.6 Å². The molecule has 0 amide bonds. The van der Waals surface area contributed by atoms with Gasteiger partial charge in [0.15, 0.2) is 12.7 Å². The minimum absolute atomic E-state index is 0.734. The minimum Gasteiger partial charge on any atom is -0.355 e. The number of rotatable bonds is 3. The molecule has 4 aromatic rings. The molecule has 33 heavy (non-hydrogen) atoms. The third-order valence-electron chi connectivity index (χ3n) is 5.71. The Labute approximate surface area is 191 Å². The maximum absolute atomic E-state index is 4.79. The third-order valence-corrected chi connectivity index (χ3v) is 5.71. The molecular formula is C28H22N5+. The molecule has 0 saturated heterocycles. The van der Waals surface area contributed by atoms with Crippen LogP contribution < -0.4 is 4.57 Å². The predicted octanol–water partition coefficient (Wildman–Crippen LogP) is 5.80. The molecule has 8 bridgehead atoms. The molecule has 0 aromatic carbocycles. The Morgan fingerprint density at radius 3 is 2.18 bits per heavy atom. The Morgan fingerprint density at radius 2 is 1.42 bits per heavy atom. The molecule has 0 atom stereocenters. The van der Waals surface area contributed by atoms with Crippen LogP contribution in [0, 0.1) is 0 Å². The van der Waals surface area contributed by atoms with Crippen molar-refractivity contribution in [2.45, 2.75) is 6.54 Å². The number of allylic oxidation sites excluding steroid dienone is 1. The molecule has 2 N–H and O–H groups in total. The van der Waals surface area contributed by atoms with Gasteiger partial charge in [-0.1, -0.05) is 6.58 Å². The fraction of sp³-hybridized carbons (Fsp3) is 0.0357. The summed E-state index contributed by atoms with van der Waals surface area (Å²) in [4.78, 5) is 16.5. The second-order valence-corrected chi connectivity index (χ2v) is 8.12. The van der Waals surface area contributed by atoms with Crippen molar-refractivity contribution in [2.24, 2.45) is 0 Å². The molecular weight excluding hydrogens is 406 g/mol. The van der Waals surface area contributed by atoms with Gasteiger partial charge in [0, 0.05) is 28.7 Å². The molecule has 5 heteroatoms. The van der Waals surface area contributed by atoms with Gasteiger partial charge in [0.25, 0.3) is 0 Å². The van der Waals surface area contributed by atoms with Gasteiger partial charge in [-0.15, -0.1) is 0 Å². The molecule has 2 aliphatic heterocycles. The zero-order chi connectivity index (χ0) is 22.2. The number of aromatic amines is 2. The maximum Gasteiger partial charge on any atom is 0.214 e. The quantitative estimate of drug-likeness (QED) is 0.277. The third kappa shape index (κ3) is 3.81. The first-order valence-electron chi connectivity index (χ1n) is 10.9. The van der Waals surface area contributed by atoms with E-state index in [4.69, 9.17) is 9.97 Å². The molecule has 0 radical (unpaired) electrons. The van der Waals surface area contributed by atoms with Gasteiger partial charge in [-0.2, -0.15) is 4.57 Å². The molecule has 0 spiro atoms. The average molecular weight is 429 g/mol. The highest BCUT2D eigenvalue weighted by molar-refractivity contribution is 5.85. The number of nitrogens with one attached hydrogen (secondary N) is 2. The van der Waals surface area contributed by atoms with E-state index >= 15 is 0 Å². The first-order valence-corrected chi connectivity index (χ1v) is 10.9. The van der Waals surface area contributed by atoms with E-state index in [1.54, 1.807) is 0 Å². The van der Waals surface area contributed by atoms with Crippen molar-refractivity contribution in [2.75, 3.05) is 0 Å². The molecule has 6 heterocycles. The lowest BCUT2D eigenvalue weighted by atomic mass is 10.1. The molecule has 0 unspecified atom stereocenters. The normalized spacial score (nSPS) is 12.2. The van der Waals surface area contributed by atoms with Gasteiger partial charge in [0.05, 0.1) is 33.9 Å². The number of aromatic nitrogens is 5. The second-order valence-electron chi connectivity index (χ2n) is 8.12. The van der Waals surface area contributed by atoms with Crippen molar-refractivity contribution >= 4 is 46.4 Å². The lowest BCUT2D eigenvalue weighted by Gasteiger charge is -2.00. The first-order chi connectivity index (χ1) is 16.2. The van der Waals surface area contributed by atoms with E-state index < -0.39 is 0 Å². The van der Waals surface area contributed by atoms with Crippen LogP contribution in [-0.4, -0.2) is 19.9 Å². The minimum atomic E-state index is 0.734. The van der Waals surface area contributed by atoms with E-state index in [-0.39, 0.29) is 0 Å². The van der Waals surface area contributed by atoms with E-state index in [1.165, 1.54) is 0 Å². The van der Waals surface area contributed by atoms with Crippen LogP contribution >= 0.6 is 0 Å². The predicted molar refractivity (Wildman–Crippen MR) is 135 cm³/mol. The molecule has 4 aromatic heterocycles. The Balaban J connectivity index is 1.67. The van der Waals surface area contributed by atoms with E-state index in [1.807, 2.05) is 48.6 Å². The molecule has 0 fully saturated rings. The summed E-state index contributed by atoms with van der Waals surface area (Å²) < 4.78 is 2.19. The molecule has 0 saturated carbocycles. The summed E-state index contributed by atoms with van der Waals surface area (Å²) in [5, 5.41) is 0. The molecule has 158 valence electrons. The van der Waals surface area contributed by atoms with Crippen LogP contribution in [0.4, 0.5) is 0 Å². The van der Waals surface area contributed by atoms with E-state index in [0.717, 1.165) is 62.6 Å². The highest BCUT2D eigenvalue weighted by atomic mass is 15.0. The summed E-state index contributed by atoms with van der Waals surface area (Å²) in [5.41, 5.74) is 9.88. The second kappa shape index (κ2) is 7.88. The maximum atomic E-state index is 4.79. The summed E-state index contributed by atoms with van der Waals surface area (Å²) in [6.45, 7) is 4.65. The van der Waals surface area contributed by atoms with Gasteiger partial charge in [-0.25, -0.2) is 9.97 Å². The van der Waals surface area contributed by atoms with Crippen molar-refractivity contribution in [1.82, 2.24) is 19.9 Å². The van der Waals surface area contributed by atoms with Crippen LogP contribution in [0.3, 0.4) is 0 Å². The number of fused-ring (bicyclic) bond motifs is 8. The van der Waals surface area contributed by atoms with Gasteiger partial charge in [0.1, 0.15) is 0 Å². The number of nitrogens with zero attached hydrogens (tertiary/aromatic N) is 3. The average Bonchev–Trinajstić information content (AvgIpc) is 3.60. The van der Waals surface area contributed by atoms with Crippen LogP contribution in [-0.2, 0) is 6.54 Å². The molecule has 2 aliphatic rings. The summed E-state index contributed by atoms with van der Waals surface area (Å²) in [6.07, 6.45) is 12.1. The summed E-state index contributed by atoms with van der Waals surface area (Å²) >= 11 is 0. The van der Waals surface area contributed by atoms with Crippen molar-refractivity contribution in [1.29, 1.82) is 0 Å². The highest BCUT2D eigenvalue weighted by Gasteiger charge is 2.15. The smallest absolute Gasteiger partial charge is 0.214 e. The number of hydrogen-bond donors (Lipinski definition) is 2. The van der Waals surface area contributed by atoms with E-state index in [9.17, 15) is 0 Å². The van der Waals surface area contributed by atoms with Crippen molar-refractivity contribution < 1.29 is 4.57 Å². The Bertz CT molecular complexity index is 1610. The van der Waals surface area contributed by atoms with Gasteiger partial charge in [0.2, 0.25) is 5.69 Å². The van der Waals surface area contributed by atoms with Crippen LogP contribution in [0.5, 0.6) is 0 Å². The highest BCUT2D eigenvalue weighted by Crippen LogP contribution is 2.25. The number of hydrogen-bond acceptors (Lipinski definition) is 2. The zero-order valence-electron chi connectivity index (χ0n) is 18.0. The van der Waals surface area contributed by atoms with Gasteiger partial charge in [-0.3, -0.25) is 0 Å². The Hall–Kier alpha value is -4.51. The molecule has 6 rings (SSSR count). The Kier molecular flexibility index (Phi) is 4.58. The van der Waals surface area contributed by atoms with Crippen LogP contribution in [0.1, 0.15) is 22.8 Å². The van der Waals surface area contributed by atoms with E-state index in [2.05, 4.69) is 69.8 Å². The van der Waals surface area contributed by atoms with Crippen molar-refractivity contribution in [3.8, 4) is 11.3 Å². The summed E-state index contributed by atoms with van der Waals surface area (Å²) in [6, 6.07) is 20.8. The zero-order valence-corrected chi connectivity index (χ0v) is 18.0. The largest absolute Gasteiger partial charge is 0.355 e. The lowest BCUT2D eigenvalue weighted by Crippen LogP contribution is -2.34. The molecule has 5 nitrogen and oxygen atoms in total. The van der Waals surface area contributed by atoms with E-state index in [0.29, 0.717) is 0 Å². The van der Waals surface area contributed by atoms with Gasteiger partial charge in [-0.05, 0) is 78.9 Å². The fourth-order valence-electron chi connectivity index (χ4n) is 4.25. The molecule has 0 aliphatic carbocycles. The van der Waals surface area contributed by atoms with Gasteiger partial charge >= 0.3 is 0 Å². The summed E-state index contributed by atoms with van der Waals surface area (Å²) in [7, 11) is 0. The number of pyridine rings is 1. The van der Waals surface area contributed by atoms with Crippen LogP contribution in [0.15, 0.2) is 79.5 Å². The van der Waals surface area contributed by atoms with Crippen molar-refractivity contribution in [3.63, 3.8) is 0 Å². The number of H-pyrrole nitrogens is 2. The Morgan fingerprint density at radius 1 is 0.727 bits per heavy atom. The van der Waals surface area contributed by atoms with Gasteiger partial charge < -0.3 is 9.97 Å². The standard InChI is InChI=1S/C28H21N5/c1-2-12-33-13-4-3-5-28(33)26-17-25-16-23-9-8-21(30-23)14-19-6-7-20(29-19)15-22-10-11-24(31-22)18-27(26)32-25/h2-11,13-18H,1,12H2,(H,29,30,31,32)/p+1. The lowest BCUT2D eigenvalue weighted by molar-refractivity contribution is -0.676. The fourth-order valence-corrected chi connectivity index (χ4v) is 4.25. The monoisotopic (exact) mass is 428 g/mol. The van der Waals surface area contributed by atoms with Crippen molar-refractivity contribution in [3.05, 3.63) is 102 Å². The SMILES string of the molecule is C=CC[n+]1ccccc1-c1cc2cc3ccc(cc4nc(cc5nc(cc1[nH]2)C=C5)C=C4)[nH]3. The first kappa shape index (κ1) is 19.2. The van der Waals surface area contributed by atoms with Crippen LogP contribution in [0.2, 0.25) is 0 Å². The topological polar surface area (TPSA) is 61.2 Å². The summed E-state index contributed by atoms with van der Waals surface area (Å²) in [5.74, 6) is 0.